The molecule has 1 aliphatic heterocycles. The number of halogens is 3. The first-order valence-electron chi connectivity index (χ1n) is 9.36. The van der Waals surface area contributed by atoms with Gasteiger partial charge in [-0.25, -0.2) is 8.42 Å². The third-order valence-electron chi connectivity index (χ3n) is 5.04. The number of hydrogen-bond donors (Lipinski definition) is 1. The molecule has 1 fully saturated rings. The lowest BCUT2D eigenvalue weighted by molar-refractivity contribution is -0.137. The lowest BCUT2D eigenvalue weighted by atomic mass is 10.2. The smallest absolute Gasteiger partial charge is 0.325 e. The van der Waals surface area contributed by atoms with Crippen molar-refractivity contribution in [1.29, 1.82) is 0 Å². The number of para-hydroxylation sites is 1. The van der Waals surface area contributed by atoms with Gasteiger partial charge in [0.1, 0.15) is 0 Å². The fourth-order valence-corrected chi connectivity index (χ4v) is 4.72. The summed E-state index contributed by atoms with van der Waals surface area (Å²) in [7, 11) is -4.06. The molecule has 30 heavy (non-hydrogen) atoms. The van der Waals surface area contributed by atoms with E-state index in [1.807, 2.05) is 11.0 Å². The van der Waals surface area contributed by atoms with Crippen molar-refractivity contribution in [1.82, 2.24) is 9.21 Å². The molecule has 0 aliphatic carbocycles. The molecule has 0 unspecified atom stereocenters. The van der Waals surface area contributed by atoms with E-state index in [0.717, 1.165) is 22.5 Å². The quantitative estimate of drug-likeness (QED) is 0.775. The Bertz CT molecular complexity index is 989. The van der Waals surface area contributed by atoms with Gasteiger partial charge in [0.25, 0.3) is 0 Å². The zero-order valence-corrected chi connectivity index (χ0v) is 17.1. The van der Waals surface area contributed by atoms with E-state index in [0.29, 0.717) is 24.8 Å². The first-order chi connectivity index (χ1) is 14.1. The molecule has 1 aliphatic rings. The van der Waals surface area contributed by atoms with Crippen molar-refractivity contribution in [2.24, 2.45) is 0 Å². The van der Waals surface area contributed by atoms with Crippen molar-refractivity contribution in [3.05, 3.63) is 60.2 Å². The van der Waals surface area contributed by atoms with Gasteiger partial charge in [0.05, 0.1) is 16.5 Å². The summed E-state index contributed by atoms with van der Waals surface area (Å²) in [5.41, 5.74) is -0.339. The van der Waals surface area contributed by atoms with Gasteiger partial charge in [0.2, 0.25) is 15.9 Å². The average molecular weight is 441 g/mol. The number of benzene rings is 2. The minimum Gasteiger partial charge on any atom is -0.325 e. The van der Waals surface area contributed by atoms with Gasteiger partial charge in [-0.15, -0.1) is 0 Å². The van der Waals surface area contributed by atoms with Crippen LogP contribution in [0.15, 0.2) is 59.5 Å². The van der Waals surface area contributed by atoms with Crippen LogP contribution in [-0.4, -0.2) is 55.8 Å². The molecular weight excluding hydrogens is 419 g/mol. The molecule has 0 bridgehead atoms. The summed E-state index contributed by atoms with van der Waals surface area (Å²) in [5, 5.41) is 2.81. The molecule has 1 saturated heterocycles. The third kappa shape index (κ3) is 5.00. The Morgan fingerprint density at radius 2 is 1.63 bits per heavy atom. The van der Waals surface area contributed by atoms with E-state index in [4.69, 9.17) is 0 Å². The van der Waals surface area contributed by atoms with E-state index >= 15 is 0 Å². The molecule has 2 aromatic carbocycles. The molecule has 6 nitrogen and oxygen atoms in total. The Balaban J connectivity index is 1.64. The van der Waals surface area contributed by atoms with E-state index in [-0.39, 0.29) is 23.9 Å². The Kier molecular flexibility index (Phi) is 6.49. The van der Waals surface area contributed by atoms with Crippen LogP contribution < -0.4 is 5.32 Å². The van der Waals surface area contributed by atoms with Crippen molar-refractivity contribution in [2.45, 2.75) is 24.0 Å². The van der Waals surface area contributed by atoms with Gasteiger partial charge >= 0.3 is 6.18 Å². The number of sulfonamides is 1. The second-order valence-corrected chi connectivity index (χ2v) is 8.93. The van der Waals surface area contributed by atoms with Crippen LogP contribution in [0.1, 0.15) is 12.5 Å². The summed E-state index contributed by atoms with van der Waals surface area (Å²) in [6.45, 7) is 2.49. The van der Waals surface area contributed by atoms with Crippen LogP contribution >= 0.6 is 0 Å². The molecule has 0 aromatic heterocycles. The monoisotopic (exact) mass is 441 g/mol. The predicted molar refractivity (Wildman–Crippen MR) is 106 cm³/mol. The summed E-state index contributed by atoms with van der Waals surface area (Å²) in [6, 6.07) is 12.2. The van der Waals surface area contributed by atoms with E-state index in [9.17, 15) is 26.4 Å². The van der Waals surface area contributed by atoms with E-state index < -0.39 is 27.8 Å². The van der Waals surface area contributed by atoms with Crippen LogP contribution in [0.4, 0.5) is 18.9 Å². The van der Waals surface area contributed by atoms with E-state index in [1.165, 1.54) is 0 Å². The summed E-state index contributed by atoms with van der Waals surface area (Å²) in [5.74, 6) is -0.213. The van der Waals surface area contributed by atoms with Crippen molar-refractivity contribution in [3.63, 3.8) is 0 Å². The highest BCUT2D eigenvalue weighted by molar-refractivity contribution is 7.89. The number of carbonyl (C=O) groups excluding carboxylic acids is 1. The van der Waals surface area contributed by atoms with Gasteiger partial charge in [-0.3, -0.25) is 9.69 Å². The number of amides is 1. The van der Waals surface area contributed by atoms with Crippen molar-refractivity contribution in [2.75, 3.05) is 31.5 Å². The number of nitrogens with one attached hydrogen (secondary N) is 1. The highest BCUT2D eigenvalue weighted by Crippen LogP contribution is 2.31. The number of rotatable bonds is 5. The third-order valence-corrected chi connectivity index (χ3v) is 6.94. The van der Waals surface area contributed by atoms with Gasteiger partial charge in [-0.1, -0.05) is 24.3 Å². The summed E-state index contributed by atoms with van der Waals surface area (Å²) in [6.07, 6.45) is -4.62. The standard InChI is InChI=1S/C20H22F3N3O3S/c1-15(19(27)24-17-7-3-2-4-8-17)25-10-12-26(13-11-25)30(28,29)18-9-5-6-16(14-18)20(21,22)23/h2-9,14-15H,10-13H2,1H3,(H,24,27)/t15-/m0/s1. The van der Waals surface area contributed by atoms with Crippen LogP contribution in [0.3, 0.4) is 0 Å². The fourth-order valence-electron chi connectivity index (χ4n) is 3.25. The maximum Gasteiger partial charge on any atom is 0.416 e. The van der Waals surface area contributed by atoms with Crippen molar-refractivity contribution in [3.8, 4) is 0 Å². The lowest BCUT2D eigenvalue weighted by Crippen LogP contribution is -2.53. The zero-order valence-electron chi connectivity index (χ0n) is 16.3. The molecule has 3 rings (SSSR count). The normalized spacial score (nSPS) is 17.5. The molecule has 1 amide bonds. The first-order valence-corrected chi connectivity index (χ1v) is 10.8. The highest BCUT2D eigenvalue weighted by atomic mass is 32.2. The molecule has 162 valence electrons. The van der Waals surface area contributed by atoms with Crippen LogP contribution in [-0.2, 0) is 21.0 Å². The Hall–Kier alpha value is -2.43. The first kappa shape index (κ1) is 22.3. The molecule has 0 spiro atoms. The summed E-state index contributed by atoms with van der Waals surface area (Å²) < 4.78 is 65.5. The van der Waals surface area contributed by atoms with Crippen molar-refractivity contribution >= 4 is 21.6 Å². The lowest BCUT2D eigenvalue weighted by Gasteiger charge is -2.36. The van der Waals surface area contributed by atoms with Gasteiger partial charge < -0.3 is 5.32 Å². The van der Waals surface area contributed by atoms with Crippen LogP contribution in [0.2, 0.25) is 0 Å². The van der Waals surface area contributed by atoms with Crippen LogP contribution in [0.25, 0.3) is 0 Å². The number of carbonyl (C=O) groups is 1. The summed E-state index contributed by atoms with van der Waals surface area (Å²) >= 11 is 0. The molecule has 1 heterocycles. The molecule has 10 heteroatoms. The van der Waals surface area contributed by atoms with Gasteiger partial charge in [-0.2, -0.15) is 17.5 Å². The summed E-state index contributed by atoms with van der Waals surface area (Å²) in [4.78, 5) is 13.9. The number of nitrogens with zero attached hydrogens (tertiary/aromatic N) is 2. The van der Waals surface area contributed by atoms with Crippen LogP contribution in [0.5, 0.6) is 0 Å². The number of hydrogen-bond acceptors (Lipinski definition) is 4. The average Bonchev–Trinajstić information content (AvgIpc) is 2.73. The number of piperazine rings is 1. The largest absolute Gasteiger partial charge is 0.416 e. The molecule has 1 N–H and O–H groups in total. The molecule has 2 aromatic rings. The maximum atomic E-state index is 12.9. The zero-order chi connectivity index (χ0) is 21.9. The predicted octanol–water partition coefficient (Wildman–Crippen LogP) is 3.04. The van der Waals surface area contributed by atoms with Crippen LogP contribution in [0, 0.1) is 0 Å². The fraction of sp³-hybridized carbons (Fsp3) is 0.350. The minimum absolute atomic E-state index is 0.0849. The van der Waals surface area contributed by atoms with Gasteiger partial charge in [-0.05, 0) is 37.3 Å². The van der Waals surface area contributed by atoms with E-state index in [1.54, 1.807) is 31.2 Å². The minimum atomic E-state index is -4.62. The maximum absolute atomic E-state index is 12.9. The SMILES string of the molecule is C[C@@H](C(=O)Nc1ccccc1)N1CCN(S(=O)(=O)c2cccc(C(F)(F)F)c2)CC1. The second kappa shape index (κ2) is 8.75. The number of anilines is 1. The highest BCUT2D eigenvalue weighted by Gasteiger charge is 2.35. The topological polar surface area (TPSA) is 69.7 Å². The number of alkyl halides is 3. The Labute approximate surface area is 173 Å². The van der Waals surface area contributed by atoms with Gasteiger partial charge in [0.15, 0.2) is 0 Å². The second-order valence-electron chi connectivity index (χ2n) is 7.00. The molecule has 0 radical (unpaired) electrons. The molecule has 0 saturated carbocycles. The molecule has 1 atom stereocenters. The molecular formula is C20H22F3N3O3S. The van der Waals surface area contributed by atoms with E-state index in [2.05, 4.69) is 5.32 Å². The Morgan fingerprint density at radius 1 is 1.00 bits per heavy atom. The Morgan fingerprint density at radius 3 is 2.23 bits per heavy atom. The van der Waals surface area contributed by atoms with Crippen molar-refractivity contribution < 1.29 is 26.4 Å². The van der Waals surface area contributed by atoms with Gasteiger partial charge in [0, 0.05) is 31.9 Å².